The van der Waals surface area contributed by atoms with Crippen molar-refractivity contribution in [3.63, 3.8) is 0 Å². The van der Waals surface area contributed by atoms with Gasteiger partial charge in [-0.05, 0) is 18.9 Å². The summed E-state index contributed by atoms with van der Waals surface area (Å²) in [6.07, 6.45) is 3.39. The molecule has 2 N–H and O–H groups in total. The Labute approximate surface area is 118 Å². The molecule has 0 unspecified atom stereocenters. The van der Waals surface area contributed by atoms with Gasteiger partial charge in [-0.15, -0.1) is 0 Å². The molecule has 2 heterocycles. The van der Waals surface area contributed by atoms with Crippen LogP contribution in [0.1, 0.15) is 12.8 Å². The van der Waals surface area contributed by atoms with Crippen molar-refractivity contribution in [1.82, 2.24) is 9.88 Å². The maximum atomic E-state index is 12.2. The molecule has 1 amide bonds. The Morgan fingerprint density at radius 3 is 2.65 bits per heavy atom. The van der Waals surface area contributed by atoms with Crippen LogP contribution in [0.5, 0.6) is 5.75 Å². The number of rotatable bonds is 3. The van der Waals surface area contributed by atoms with Gasteiger partial charge in [-0.2, -0.15) is 0 Å². The number of ether oxygens (including phenoxy) is 1. The van der Waals surface area contributed by atoms with E-state index in [0.29, 0.717) is 13.1 Å². The number of anilines is 1. The minimum atomic E-state index is -0.559. The van der Waals surface area contributed by atoms with Crippen molar-refractivity contribution in [3.05, 3.63) is 18.3 Å². The fraction of sp³-hybridized carbons (Fsp3) is 0.571. The number of carbonyl (C=O) groups excluding carboxylic acids is 1. The molecule has 20 heavy (non-hydrogen) atoms. The molecule has 108 valence electrons. The topological polar surface area (TPSA) is 71.7 Å². The van der Waals surface area contributed by atoms with Crippen molar-refractivity contribution in [2.24, 2.45) is 5.73 Å². The predicted octanol–water partition coefficient (Wildman–Crippen LogP) is 0.230. The van der Waals surface area contributed by atoms with Crippen LogP contribution < -0.4 is 15.4 Å². The number of hydrogen-bond acceptors (Lipinski definition) is 5. The predicted molar refractivity (Wildman–Crippen MR) is 75.7 cm³/mol. The van der Waals surface area contributed by atoms with Gasteiger partial charge in [0.25, 0.3) is 0 Å². The Bertz CT molecular complexity index is 508. The number of pyridine rings is 1. The van der Waals surface area contributed by atoms with Gasteiger partial charge in [0.2, 0.25) is 5.91 Å². The van der Waals surface area contributed by atoms with Crippen molar-refractivity contribution in [2.45, 2.75) is 18.4 Å². The average Bonchev–Trinajstić information content (AvgIpc) is 3.26. The molecule has 1 aromatic rings. The normalized spacial score (nSPS) is 20.7. The van der Waals surface area contributed by atoms with Crippen molar-refractivity contribution in [1.29, 1.82) is 0 Å². The summed E-state index contributed by atoms with van der Waals surface area (Å²) in [5, 5.41) is 0. The molecular formula is C14H20N4O2. The largest absolute Gasteiger partial charge is 0.497 e. The molecule has 2 fully saturated rings. The highest BCUT2D eigenvalue weighted by atomic mass is 16.5. The number of hydrogen-bond donors (Lipinski definition) is 1. The smallest absolute Gasteiger partial charge is 0.242 e. The highest BCUT2D eigenvalue weighted by Gasteiger charge is 2.48. The fourth-order valence-electron chi connectivity index (χ4n) is 2.50. The molecule has 0 atom stereocenters. The molecule has 1 aliphatic heterocycles. The van der Waals surface area contributed by atoms with E-state index in [1.54, 1.807) is 13.3 Å². The second-order valence-corrected chi connectivity index (χ2v) is 5.49. The van der Waals surface area contributed by atoms with E-state index in [1.807, 2.05) is 17.0 Å². The summed E-state index contributed by atoms with van der Waals surface area (Å²) in [4.78, 5) is 20.6. The van der Waals surface area contributed by atoms with Gasteiger partial charge < -0.3 is 20.3 Å². The molecule has 0 radical (unpaired) electrons. The first-order chi connectivity index (χ1) is 9.62. The van der Waals surface area contributed by atoms with Gasteiger partial charge in [0.15, 0.2) is 0 Å². The summed E-state index contributed by atoms with van der Waals surface area (Å²) in [7, 11) is 1.64. The number of nitrogens with zero attached hydrogens (tertiary/aromatic N) is 3. The summed E-state index contributed by atoms with van der Waals surface area (Å²) < 4.78 is 5.21. The van der Waals surface area contributed by atoms with Gasteiger partial charge in [-0.1, -0.05) is 0 Å². The second kappa shape index (κ2) is 4.94. The molecule has 0 aromatic carbocycles. The number of amides is 1. The Morgan fingerprint density at radius 2 is 2.05 bits per heavy atom. The molecule has 1 saturated carbocycles. The van der Waals surface area contributed by atoms with Crippen LogP contribution in [0.2, 0.25) is 0 Å². The molecule has 1 saturated heterocycles. The fourth-order valence-corrected chi connectivity index (χ4v) is 2.50. The molecular weight excluding hydrogens is 256 g/mol. The lowest BCUT2D eigenvalue weighted by Gasteiger charge is -2.36. The lowest BCUT2D eigenvalue weighted by Crippen LogP contribution is -2.54. The standard InChI is InChI=1S/C14H20N4O2/c1-20-11-2-5-16-12(10-11)17-6-8-18(9-7-17)13(19)14(15)3-4-14/h2,5,10H,3-4,6-9,15H2,1H3. The van der Waals surface area contributed by atoms with E-state index in [9.17, 15) is 4.79 Å². The molecule has 6 heteroatoms. The third-order valence-electron chi connectivity index (χ3n) is 4.06. The van der Waals surface area contributed by atoms with Crippen molar-refractivity contribution >= 4 is 11.7 Å². The number of methoxy groups -OCH3 is 1. The third-order valence-corrected chi connectivity index (χ3v) is 4.06. The summed E-state index contributed by atoms with van der Waals surface area (Å²) in [6, 6.07) is 3.75. The zero-order valence-electron chi connectivity index (χ0n) is 11.7. The molecule has 6 nitrogen and oxygen atoms in total. The van der Waals surface area contributed by atoms with Crippen LogP contribution in [0.25, 0.3) is 0 Å². The van der Waals surface area contributed by atoms with Gasteiger partial charge in [-0.25, -0.2) is 4.98 Å². The van der Waals surface area contributed by atoms with Crippen LogP contribution in [-0.2, 0) is 4.79 Å². The maximum Gasteiger partial charge on any atom is 0.242 e. The SMILES string of the molecule is COc1ccnc(N2CCN(C(=O)C3(N)CC3)CC2)c1. The monoisotopic (exact) mass is 276 g/mol. The van der Waals surface area contributed by atoms with Crippen LogP contribution in [0.4, 0.5) is 5.82 Å². The lowest BCUT2D eigenvalue weighted by atomic mass is 10.2. The zero-order chi connectivity index (χ0) is 14.2. The quantitative estimate of drug-likeness (QED) is 0.855. The van der Waals surface area contributed by atoms with Crippen LogP contribution in [-0.4, -0.2) is 54.6 Å². The van der Waals surface area contributed by atoms with Crippen LogP contribution in [0.15, 0.2) is 18.3 Å². The number of carbonyl (C=O) groups is 1. The maximum absolute atomic E-state index is 12.2. The van der Waals surface area contributed by atoms with Crippen molar-refractivity contribution < 1.29 is 9.53 Å². The van der Waals surface area contributed by atoms with Crippen LogP contribution in [0.3, 0.4) is 0 Å². The minimum absolute atomic E-state index is 0.107. The van der Waals surface area contributed by atoms with E-state index >= 15 is 0 Å². The van der Waals surface area contributed by atoms with Crippen molar-refractivity contribution in [3.8, 4) is 5.75 Å². The number of aromatic nitrogens is 1. The van der Waals surface area contributed by atoms with Crippen molar-refractivity contribution in [2.75, 3.05) is 38.2 Å². The van der Waals surface area contributed by atoms with E-state index in [-0.39, 0.29) is 5.91 Å². The first kappa shape index (κ1) is 13.2. The van der Waals surface area contributed by atoms with Gasteiger partial charge in [0.1, 0.15) is 11.6 Å². The summed E-state index contributed by atoms with van der Waals surface area (Å²) in [6.45, 7) is 2.97. The Morgan fingerprint density at radius 1 is 1.35 bits per heavy atom. The van der Waals surface area contributed by atoms with E-state index in [1.165, 1.54) is 0 Å². The van der Waals surface area contributed by atoms with E-state index in [2.05, 4.69) is 9.88 Å². The molecule has 2 aliphatic rings. The summed E-state index contributed by atoms with van der Waals surface area (Å²) in [5.74, 6) is 1.80. The zero-order valence-corrected chi connectivity index (χ0v) is 11.7. The van der Waals surface area contributed by atoms with E-state index < -0.39 is 5.54 Å². The average molecular weight is 276 g/mol. The Balaban J connectivity index is 1.62. The molecule has 1 aliphatic carbocycles. The van der Waals surface area contributed by atoms with Gasteiger partial charge >= 0.3 is 0 Å². The van der Waals surface area contributed by atoms with Gasteiger partial charge in [0.05, 0.1) is 12.6 Å². The minimum Gasteiger partial charge on any atom is -0.497 e. The molecule has 3 rings (SSSR count). The first-order valence-corrected chi connectivity index (χ1v) is 6.96. The number of piperazine rings is 1. The molecule has 1 aromatic heterocycles. The van der Waals surface area contributed by atoms with Crippen LogP contribution in [0, 0.1) is 0 Å². The molecule has 0 bridgehead atoms. The molecule has 0 spiro atoms. The van der Waals surface area contributed by atoms with Crippen LogP contribution >= 0.6 is 0 Å². The van der Waals surface area contributed by atoms with Gasteiger partial charge in [-0.3, -0.25) is 4.79 Å². The second-order valence-electron chi connectivity index (χ2n) is 5.49. The highest BCUT2D eigenvalue weighted by Crippen LogP contribution is 2.34. The summed E-state index contributed by atoms with van der Waals surface area (Å²) >= 11 is 0. The first-order valence-electron chi connectivity index (χ1n) is 6.96. The Hall–Kier alpha value is -1.82. The van der Waals surface area contributed by atoms with E-state index in [4.69, 9.17) is 10.5 Å². The third kappa shape index (κ3) is 2.43. The Kier molecular flexibility index (Phi) is 3.25. The summed E-state index contributed by atoms with van der Waals surface area (Å²) in [5.41, 5.74) is 5.41. The van der Waals surface area contributed by atoms with Gasteiger partial charge in [0, 0.05) is 38.4 Å². The lowest BCUT2D eigenvalue weighted by molar-refractivity contribution is -0.133. The van der Waals surface area contributed by atoms with E-state index in [0.717, 1.165) is 37.5 Å². The number of nitrogens with two attached hydrogens (primary N) is 1. The highest BCUT2D eigenvalue weighted by molar-refractivity contribution is 5.89.